The van der Waals surface area contributed by atoms with E-state index in [-0.39, 0.29) is 28.8 Å². The number of ether oxygens (including phenoxy) is 1. The number of anilines is 3. The molecule has 37 heavy (non-hydrogen) atoms. The molecule has 8 heteroatoms. The minimum absolute atomic E-state index is 0. The van der Waals surface area contributed by atoms with Gasteiger partial charge in [0.05, 0.1) is 22.5 Å². The number of hydrogen-bond acceptors (Lipinski definition) is 6. The van der Waals surface area contributed by atoms with Crippen LogP contribution < -0.4 is 15.0 Å². The van der Waals surface area contributed by atoms with E-state index in [1.165, 1.54) is 16.2 Å². The van der Waals surface area contributed by atoms with Gasteiger partial charge in [-0.1, -0.05) is 42.5 Å². The molecule has 182 valence electrons. The third kappa shape index (κ3) is 4.89. The SMILES string of the molecule is Br.O=C1c2ccccc2C(=O)N1c1cccc(-c2csc(Nc3ccc(Oc4ccccc4)cc3)n2)c1. The maximum Gasteiger partial charge on any atom is 0.266 e. The van der Waals surface area contributed by atoms with Gasteiger partial charge >= 0.3 is 0 Å². The molecule has 4 aromatic carbocycles. The number of hydrogen-bond donors (Lipinski definition) is 1. The zero-order valence-electron chi connectivity index (χ0n) is 19.3. The van der Waals surface area contributed by atoms with Crippen molar-refractivity contribution >= 4 is 56.6 Å². The van der Waals surface area contributed by atoms with Gasteiger partial charge in [-0.2, -0.15) is 0 Å². The first-order valence-electron chi connectivity index (χ1n) is 11.3. The van der Waals surface area contributed by atoms with E-state index in [9.17, 15) is 9.59 Å². The topological polar surface area (TPSA) is 71.5 Å². The summed E-state index contributed by atoms with van der Waals surface area (Å²) in [5, 5.41) is 5.98. The third-order valence-corrected chi connectivity index (χ3v) is 6.54. The van der Waals surface area contributed by atoms with E-state index >= 15 is 0 Å². The Balaban J connectivity index is 0.00000280. The van der Waals surface area contributed by atoms with Crippen molar-refractivity contribution in [3.05, 3.63) is 120 Å². The van der Waals surface area contributed by atoms with Crippen LogP contribution in [0.4, 0.5) is 16.5 Å². The highest BCUT2D eigenvalue weighted by Gasteiger charge is 2.36. The van der Waals surface area contributed by atoms with E-state index in [1.54, 1.807) is 30.3 Å². The van der Waals surface area contributed by atoms with Gasteiger partial charge in [0.2, 0.25) is 0 Å². The molecular formula is C29H20BrN3O3S. The average Bonchev–Trinajstić information content (AvgIpc) is 3.48. The average molecular weight is 570 g/mol. The second kappa shape index (κ2) is 10.4. The summed E-state index contributed by atoms with van der Waals surface area (Å²) in [5.74, 6) is 0.906. The normalized spacial score (nSPS) is 12.2. The van der Waals surface area contributed by atoms with Crippen LogP contribution in [0.2, 0.25) is 0 Å². The van der Waals surface area contributed by atoms with Crippen molar-refractivity contribution in [3.63, 3.8) is 0 Å². The van der Waals surface area contributed by atoms with Gasteiger partial charge in [0, 0.05) is 16.6 Å². The Hall–Kier alpha value is -4.27. The zero-order valence-corrected chi connectivity index (χ0v) is 21.9. The number of carbonyl (C=O) groups excluding carboxylic acids is 2. The Kier molecular flexibility index (Phi) is 6.85. The summed E-state index contributed by atoms with van der Waals surface area (Å²) < 4.78 is 5.84. The van der Waals surface area contributed by atoms with Gasteiger partial charge in [-0.3, -0.25) is 9.59 Å². The van der Waals surface area contributed by atoms with E-state index in [4.69, 9.17) is 9.72 Å². The molecule has 0 aliphatic carbocycles. The lowest BCUT2D eigenvalue weighted by atomic mass is 10.1. The van der Waals surface area contributed by atoms with Crippen LogP contribution in [0.25, 0.3) is 11.3 Å². The molecule has 0 spiro atoms. The van der Waals surface area contributed by atoms with Gasteiger partial charge in [-0.15, -0.1) is 28.3 Å². The lowest BCUT2D eigenvalue weighted by molar-refractivity contribution is 0.0926. The summed E-state index contributed by atoms with van der Waals surface area (Å²) in [5.41, 5.74) is 3.83. The number of fused-ring (bicyclic) bond motifs is 1. The highest BCUT2D eigenvalue weighted by molar-refractivity contribution is 8.93. The number of halogens is 1. The molecule has 1 aliphatic rings. The van der Waals surface area contributed by atoms with E-state index in [0.717, 1.165) is 33.6 Å². The monoisotopic (exact) mass is 569 g/mol. The molecule has 2 heterocycles. The predicted octanol–water partition coefficient (Wildman–Crippen LogP) is 7.72. The maximum absolute atomic E-state index is 12.9. The lowest BCUT2D eigenvalue weighted by Gasteiger charge is -2.14. The number of amides is 2. The number of nitrogens with one attached hydrogen (secondary N) is 1. The summed E-state index contributed by atoms with van der Waals surface area (Å²) in [6.07, 6.45) is 0. The minimum Gasteiger partial charge on any atom is -0.457 e. The Labute approximate surface area is 228 Å². The number of nitrogens with zero attached hydrogens (tertiary/aromatic N) is 2. The van der Waals surface area contributed by atoms with Crippen LogP contribution in [0, 0.1) is 0 Å². The summed E-state index contributed by atoms with van der Waals surface area (Å²) in [6.45, 7) is 0. The Bertz CT molecular complexity index is 1550. The molecule has 0 fully saturated rings. The molecule has 1 N–H and O–H groups in total. The van der Waals surface area contributed by atoms with E-state index in [0.29, 0.717) is 16.8 Å². The smallest absolute Gasteiger partial charge is 0.266 e. The first kappa shape index (κ1) is 24.4. The van der Waals surface area contributed by atoms with Crippen LogP contribution in [0.5, 0.6) is 11.5 Å². The van der Waals surface area contributed by atoms with E-state index in [2.05, 4.69) is 5.32 Å². The molecule has 0 saturated heterocycles. The second-order valence-corrected chi connectivity index (χ2v) is 9.00. The zero-order chi connectivity index (χ0) is 24.5. The summed E-state index contributed by atoms with van der Waals surface area (Å²) in [7, 11) is 0. The summed E-state index contributed by atoms with van der Waals surface area (Å²) in [4.78, 5) is 31.6. The highest BCUT2D eigenvalue weighted by Crippen LogP contribution is 2.33. The van der Waals surface area contributed by atoms with Crippen LogP contribution in [0.1, 0.15) is 20.7 Å². The predicted molar refractivity (Wildman–Crippen MR) is 152 cm³/mol. The van der Waals surface area contributed by atoms with Crippen LogP contribution in [0.3, 0.4) is 0 Å². The molecule has 0 bridgehead atoms. The van der Waals surface area contributed by atoms with Crippen LogP contribution >= 0.6 is 28.3 Å². The molecule has 1 aromatic heterocycles. The van der Waals surface area contributed by atoms with Gasteiger partial charge in [0.1, 0.15) is 11.5 Å². The number of aromatic nitrogens is 1. The molecular weight excluding hydrogens is 550 g/mol. The first-order valence-corrected chi connectivity index (χ1v) is 12.2. The third-order valence-electron chi connectivity index (χ3n) is 5.78. The first-order chi connectivity index (χ1) is 17.7. The summed E-state index contributed by atoms with van der Waals surface area (Å²) in [6, 6.07) is 31.5. The molecule has 0 radical (unpaired) electrons. The molecule has 6 rings (SSSR count). The minimum atomic E-state index is -0.312. The van der Waals surface area contributed by atoms with Gasteiger partial charge in [-0.25, -0.2) is 9.88 Å². The molecule has 0 atom stereocenters. The van der Waals surface area contributed by atoms with E-state index in [1.807, 2.05) is 78.2 Å². The van der Waals surface area contributed by atoms with Crippen LogP contribution in [0.15, 0.2) is 109 Å². The number of benzene rings is 4. The quantitative estimate of drug-likeness (QED) is 0.212. The highest BCUT2D eigenvalue weighted by atomic mass is 79.9. The van der Waals surface area contributed by atoms with Gasteiger partial charge in [0.15, 0.2) is 5.13 Å². The van der Waals surface area contributed by atoms with Crippen LogP contribution in [-0.4, -0.2) is 16.8 Å². The number of thiazole rings is 1. The number of para-hydroxylation sites is 1. The Morgan fingerprint density at radius 2 is 1.38 bits per heavy atom. The van der Waals surface area contributed by atoms with Crippen molar-refractivity contribution in [2.75, 3.05) is 10.2 Å². The molecule has 6 nitrogen and oxygen atoms in total. The van der Waals surface area contributed by atoms with Crippen molar-refractivity contribution in [2.45, 2.75) is 0 Å². The molecule has 0 unspecified atom stereocenters. The largest absolute Gasteiger partial charge is 0.457 e. The van der Waals surface area contributed by atoms with Crippen molar-refractivity contribution in [2.24, 2.45) is 0 Å². The molecule has 0 saturated carbocycles. The van der Waals surface area contributed by atoms with Gasteiger partial charge in [0.25, 0.3) is 11.8 Å². The fraction of sp³-hybridized carbons (Fsp3) is 0. The Morgan fingerprint density at radius 1 is 0.730 bits per heavy atom. The van der Waals surface area contributed by atoms with Gasteiger partial charge < -0.3 is 10.1 Å². The van der Waals surface area contributed by atoms with Crippen molar-refractivity contribution in [1.82, 2.24) is 4.98 Å². The van der Waals surface area contributed by atoms with Crippen LogP contribution in [-0.2, 0) is 0 Å². The maximum atomic E-state index is 12.9. The lowest BCUT2D eigenvalue weighted by Crippen LogP contribution is -2.29. The molecule has 2 amide bonds. The standard InChI is InChI=1S/C29H19N3O3S.BrH/c33-27-24-11-4-5-12-25(24)28(34)32(27)21-8-6-7-19(17-21)26-18-36-29(31-26)30-20-13-15-23(16-14-20)35-22-9-2-1-3-10-22;/h1-18H,(H,30,31);1H. The number of imide groups is 1. The Morgan fingerprint density at radius 3 is 2.08 bits per heavy atom. The van der Waals surface area contributed by atoms with Crippen molar-refractivity contribution in [1.29, 1.82) is 0 Å². The second-order valence-electron chi connectivity index (χ2n) is 8.14. The fourth-order valence-corrected chi connectivity index (χ4v) is 4.79. The fourth-order valence-electron chi connectivity index (χ4n) is 4.05. The molecule has 1 aliphatic heterocycles. The number of carbonyl (C=O) groups is 2. The van der Waals surface area contributed by atoms with E-state index < -0.39 is 0 Å². The van der Waals surface area contributed by atoms with Gasteiger partial charge in [-0.05, 0) is 60.7 Å². The van der Waals surface area contributed by atoms with Crippen molar-refractivity contribution in [3.8, 4) is 22.8 Å². The number of rotatable bonds is 6. The van der Waals surface area contributed by atoms with Crippen molar-refractivity contribution < 1.29 is 14.3 Å². The molecule has 5 aromatic rings. The summed E-state index contributed by atoms with van der Waals surface area (Å²) >= 11 is 1.47.